The third-order valence-electron chi connectivity index (χ3n) is 4.38. The molecule has 3 N–H and O–H groups in total. The van der Waals surface area contributed by atoms with Gasteiger partial charge in [0.1, 0.15) is 11.4 Å². The molecule has 2 aromatic heterocycles. The van der Waals surface area contributed by atoms with Gasteiger partial charge in [-0.25, -0.2) is 9.78 Å². The number of urea groups is 1. The number of amides is 3. The third kappa shape index (κ3) is 2.97. The van der Waals surface area contributed by atoms with Crippen LogP contribution in [0.3, 0.4) is 0 Å². The summed E-state index contributed by atoms with van der Waals surface area (Å²) in [4.78, 5) is 32.3. The number of hydrogen-bond donors (Lipinski definition) is 3. The second-order valence-corrected chi connectivity index (χ2v) is 6.19. The van der Waals surface area contributed by atoms with E-state index >= 15 is 0 Å². The molecule has 1 atom stereocenters. The quantitative estimate of drug-likeness (QED) is 0.458. The zero-order chi connectivity index (χ0) is 19.7. The van der Waals surface area contributed by atoms with Crippen molar-refractivity contribution in [3.05, 3.63) is 48.7 Å². The van der Waals surface area contributed by atoms with Crippen LogP contribution in [-0.2, 0) is 11.3 Å². The van der Waals surface area contributed by atoms with E-state index in [0.29, 0.717) is 16.8 Å². The van der Waals surface area contributed by atoms with Crippen molar-refractivity contribution in [1.29, 1.82) is 0 Å². The zero-order valence-electron chi connectivity index (χ0n) is 14.8. The van der Waals surface area contributed by atoms with Crippen LogP contribution in [0.4, 0.5) is 4.79 Å². The number of carbonyl (C=O) groups is 2. The van der Waals surface area contributed by atoms with Gasteiger partial charge >= 0.3 is 6.03 Å². The molecule has 0 saturated carbocycles. The molecule has 28 heavy (non-hydrogen) atoms. The van der Waals surface area contributed by atoms with E-state index in [9.17, 15) is 14.7 Å². The van der Waals surface area contributed by atoms with Crippen molar-refractivity contribution in [2.24, 2.45) is 0 Å². The molecule has 1 fully saturated rings. The smallest absolute Gasteiger partial charge is 0.323 e. The van der Waals surface area contributed by atoms with Crippen molar-refractivity contribution >= 4 is 22.7 Å². The molecule has 3 heterocycles. The van der Waals surface area contributed by atoms with Crippen LogP contribution < -0.4 is 15.4 Å². The number of nitrogens with zero attached hydrogens (tertiary/aromatic N) is 3. The Hall–Kier alpha value is -4.06. The number of carbonyl (C=O) groups excluding carboxylic acids is 2. The molecule has 9 nitrogen and oxygen atoms in total. The van der Waals surface area contributed by atoms with E-state index < -0.39 is 17.5 Å². The predicted octanol–water partition coefficient (Wildman–Crippen LogP) is 0.775. The van der Waals surface area contributed by atoms with Gasteiger partial charge in [0.25, 0.3) is 5.91 Å². The first-order valence-electron chi connectivity index (χ1n) is 8.29. The van der Waals surface area contributed by atoms with Gasteiger partial charge in [-0.1, -0.05) is 5.92 Å². The molecule has 0 unspecified atom stereocenters. The normalized spacial score (nSPS) is 18.3. The summed E-state index contributed by atoms with van der Waals surface area (Å²) in [5.41, 5.74) is -1.21. The van der Waals surface area contributed by atoms with Crippen molar-refractivity contribution in [1.82, 2.24) is 25.2 Å². The summed E-state index contributed by atoms with van der Waals surface area (Å²) in [6.07, 6.45) is 6.10. The fourth-order valence-corrected chi connectivity index (χ4v) is 2.99. The predicted molar refractivity (Wildman–Crippen MR) is 98.5 cm³/mol. The number of aromatic hydroxyl groups is 1. The lowest BCUT2D eigenvalue weighted by atomic mass is 10.0. The van der Waals surface area contributed by atoms with E-state index in [0.717, 1.165) is 5.39 Å². The molecule has 9 heteroatoms. The molecule has 0 radical (unpaired) electrons. The number of hydrogen-bond acceptors (Lipinski definition) is 6. The molecule has 1 aromatic carbocycles. The van der Waals surface area contributed by atoms with Crippen molar-refractivity contribution < 1.29 is 19.4 Å². The highest BCUT2D eigenvalue weighted by Gasteiger charge is 2.46. The van der Waals surface area contributed by atoms with E-state index in [2.05, 4.69) is 32.4 Å². The molecule has 0 aliphatic carbocycles. The lowest BCUT2D eigenvalue weighted by Crippen LogP contribution is -2.49. The Bertz CT molecular complexity index is 1150. The zero-order valence-corrected chi connectivity index (χ0v) is 14.8. The second-order valence-electron chi connectivity index (χ2n) is 6.19. The Morgan fingerprint density at radius 1 is 1.32 bits per heavy atom. The molecular weight excluding hydrogens is 362 g/mol. The molecule has 4 rings (SSSR count). The van der Waals surface area contributed by atoms with Crippen molar-refractivity contribution in [2.45, 2.75) is 12.1 Å². The van der Waals surface area contributed by atoms with Gasteiger partial charge in [0.05, 0.1) is 19.9 Å². The van der Waals surface area contributed by atoms with Crippen LogP contribution in [0.25, 0.3) is 10.8 Å². The molecule has 0 bridgehead atoms. The lowest BCUT2D eigenvalue weighted by Gasteiger charge is -2.20. The third-order valence-corrected chi connectivity index (χ3v) is 4.38. The molecule has 1 saturated heterocycles. The lowest BCUT2D eigenvalue weighted by molar-refractivity contribution is -0.122. The van der Waals surface area contributed by atoms with Gasteiger partial charge in [-0.2, -0.15) is 0 Å². The number of imide groups is 1. The van der Waals surface area contributed by atoms with Crippen molar-refractivity contribution in [3.63, 3.8) is 0 Å². The second kappa shape index (κ2) is 6.59. The van der Waals surface area contributed by atoms with Crippen molar-refractivity contribution in [3.8, 4) is 23.5 Å². The standard InChI is InChI=1S/C19H15N5O4/c1-28-14-3-2-12-10-24(16(25)15(12)8-14)11-19(17(26)22-18(27)23-19)5-4-13-9-20-6-7-21-13/h2-3,6-10,25H,11H2,1H3,(H2,22,23,26,27)/t19-/m1/s1. The van der Waals surface area contributed by atoms with E-state index in [-0.39, 0.29) is 12.4 Å². The summed E-state index contributed by atoms with van der Waals surface area (Å²) in [6.45, 7) is -0.0966. The maximum absolute atomic E-state index is 12.5. The van der Waals surface area contributed by atoms with Gasteiger partial charge in [0.2, 0.25) is 5.54 Å². The average Bonchev–Trinajstić information content (AvgIpc) is 3.16. The minimum Gasteiger partial charge on any atom is -0.497 e. The summed E-state index contributed by atoms with van der Waals surface area (Å²) in [7, 11) is 1.53. The Labute approximate surface area is 159 Å². The summed E-state index contributed by atoms with van der Waals surface area (Å²) < 4.78 is 6.64. The molecule has 3 amide bonds. The maximum Gasteiger partial charge on any atom is 0.323 e. The van der Waals surface area contributed by atoms with Gasteiger partial charge in [-0.15, -0.1) is 0 Å². The highest BCUT2D eigenvalue weighted by atomic mass is 16.5. The number of nitrogens with one attached hydrogen (secondary N) is 2. The summed E-state index contributed by atoms with van der Waals surface area (Å²) in [5.74, 6) is 5.45. The molecular formula is C19H15N5O4. The molecule has 1 aliphatic heterocycles. The van der Waals surface area contributed by atoms with Crippen LogP contribution in [0, 0.1) is 11.8 Å². The van der Waals surface area contributed by atoms with Crippen LogP contribution in [0.1, 0.15) is 5.69 Å². The monoisotopic (exact) mass is 377 g/mol. The van der Waals surface area contributed by atoms with Gasteiger partial charge in [0.15, 0.2) is 5.88 Å². The largest absolute Gasteiger partial charge is 0.497 e. The summed E-state index contributed by atoms with van der Waals surface area (Å²) in [5, 5.41) is 16.7. The van der Waals surface area contributed by atoms with E-state index in [1.807, 2.05) is 0 Å². The fourth-order valence-electron chi connectivity index (χ4n) is 2.99. The molecule has 3 aromatic rings. The molecule has 140 valence electrons. The van der Waals surface area contributed by atoms with E-state index in [4.69, 9.17) is 4.74 Å². The van der Waals surface area contributed by atoms with Crippen LogP contribution in [-0.4, -0.2) is 44.2 Å². The average molecular weight is 377 g/mol. The van der Waals surface area contributed by atoms with Crippen LogP contribution >= 0.6 is 0 Å². The maximum atomic E-state index is 12.5. The van der Waals surface area contributed by atoms with Gasteiger partial charge < -0.3 is 19.7 Å². The number of ether oxygens (including phenoxy) is 1. The molecule has 1 aliphatic rings. The minimum atomic E-state index is -1.56. The topological polar surface area (TPSA) is 118 Å². The van der Waals surface area contributed by atoms with Crippen LogP contribution in [0.2, 0.25) is 0 Å². The molecule has 0 spiro atoms. The number of fused-ring (bicyclic) bond motifs is 1. The SMILES string of the molecule is COc1ccc2cn(C[C@@]3(C#Cc4cnccn4)NC(=O)NC3=O)c(O)c2c1. The minimum absolute atomic E-state index is 0.0662. The summed E-state index contributed by atoms with van der Waals surface area (Å²) in [6, 6.07) is 4.58. The fraction of sp³-hybridized carbons (Fsp3) is 0.158. The number of benzene rings is 1. The van der Waals surface area contributed by atoms with Gasteiger partial charge in [0, 0.05) is 29.4 Å². The van der Waals surface area contributed by atoms with Crippen LogP contribution in [0.15, 0.2) is 43.0 Å². The van der Waals surface area contributed by atoms with Crippen LogP contribution in [0.5, 0.6) is 11.6 Å². The number of methoxy groups -OCH3 is 1. The first-order valence-corrected chi connectivity index (χ1v) is 8.29. The first-order chi connectivity index (χ1) is 13.5. The van der Waals surface area contributed by atoms with Gasteiger partial charge in [-0.3, -0.25) is 15.1 Å². The van der Waals surface area contributed by atoms with E-state index in [1.54, 1.807) is 24.4 Å². The number of aromatic nitrogens is 3. The van der Waals surface area contributed by atoms with E-state index in [1.165, 1.54) is 30.3 Å². The Balaban J connectivity index is 1.76. The highest BCUT2D eigenvalue weighted by Crippen LogP contribution is 2.31. The van der Waals surface area contributed by atoms with Gasteiger partial charge in [-0.05, 0) is 24.1 Å². The summed E-state index contributed by atoms with van der Waals surface area (Å²) >= 11 is 0. The van der Waals surface area contributed by atoms with Crippen molar-refractivity contribution in [2.75, 3.05) is 7.11 Å². The Morgan fingerprint density at radius 3 is 2.86 bits per heavy atom. The number of rotatable bonds is 3. The Morgan fingerprint density at radius 2 is 2.18 bits per heavy atom. The highest BCUT2D eigenvalue weighted by molar-refractivity contribution is 6.09. The first kappa shape index (κ1) is 17.4. The Kier molecular flexibility index (Phi) is 4.08.